The van der Waals surface area contributed by atoms with E-state index in [9.17, 15) is 13.6 Å². The first-order chi connectivity index (χ1) is 14.0. The SMILES string of the molecule is COc1cc(C=CC(=O)N2CCN(Cc3ccncc3)CC2)ccc1OC(F)F. The predicted octanol–water partition coefficient (Wildman–Crippen LogP) is 3.05. The Morgan fingerprint density at radius 3 is 2.52 bits per heavy atom. The maximum atomic E-state index is 12.5. The number of ether oxygens (including phenoxy) is 2. The lowest BCUT2D eigenvalue weighted by Gasteiger charge is -2.34. The highest BCUT2D eigenvalue weighted by Gasteiger charge is 2.19. The topological polar surface area (TPSA) is 54.9 Å². The van der Waals surface area contributed by atoms with Gasteiger partial charge in [-0.25, -0.2) is 0 Å². The van der Waals surface area contributed by atoms with Crippen LogP contribution in [-0.4, -0.2) is 60.6 Å². The Balaban J connectivity index is 1.53. The second kappa shape index (κ2) is 9.97. The van der Waals surface area contributed by atoms with Gasteiger partial charge in [0.1, 0.15) is 0 Å². The molecule has 1 aliphatic rings. The minimum atomic E-state index is -2.93. The number of amides is 1. The van der Waals surface area contributed by atoms with Crippen molar-refractivity contribution in [3.05, 3.63) is 59.9 Å². The van der Waals surface area contributed by atoms with E-state index in [0.717, 1.165) is 19.6 Å². The number of carbonyl (C=O) groups is 1. The number of rotatable bonds is 7. The molecule has 1 aromatic carbocycles. The molecule has 1 aromatic heterocycles. The third-order valence-corrected chi connectivity index (χ3v) is 4.66. The monoisotopic (exact) mass is 403 g/mol. The number of methoxy groups -OCH3 is 1. The van der Waals surface area contributed by atoms with Gasteiger partial charge >= 0.3 is 6.61 Å². The molecule has 1 saturated heterocycles. The third-order valence-electron chi connectivity index (χ3n) is 4.66. The van der Waals surface area contributed by atoms with Crippen molar-refractivity contribution in [1.82, 2.24) is 14.8 Å². The van der Waals surface area contributed by atoms with Crippen molar-refractivity contribution in [1.29, 1.82) is 0 Å². The number of carbonyl (C=O) groups excluding carboxylic acids is 1. The van der Waals surface area contributed by atoms with Crippen LogP contribution < -0.4 is 9.47 Å². The third kappa shape index (κ3) is 5.99. The Morgan fingerprint density at radius 2 is 1.86 bits per heavy atom. The average Bonchev–Trinajstić information content (AvgIpc) is 2.73. The lowest BCUT2D eigenvalue weighted by Crippen LogP contribution is -2.47. The summed E-state index contributed by atoms with van der Waals surface area (Å²) < 4.78 is 34.3. The van der Waals surface area contributed by atoms with E-state index >= 15 is 0 Å². The van der Waals surface area contributed by atoms with E-state index < -0.39 is 6.61 Å². The molecule has 1 amide bonds. The van der Waals surface area contributed by atoms with Crippen molar-refractivity contribution in [2.75, 3.05) is 33.3 Å². The zero-order valence-corrected chi connectivity index (χ0v) is 16.1. The molecule has 1 aliphatic heterocycles. The normalized spacial score (nSPS) is 15.1. The van der Waals surface area contributed by atoms with Gasteiger partial charge in [-0.1, -0.05) is 6.07 Å². The van der Waals surface area contributed by atoms with Crippen molar-refractivity contribution in [2.45, 2.75) is 13.2 Å². The maximum absolute atomic E-state index is 12.5. The van der Waals surface area contributed by atoms with Crippen LogP contribution in [0.1, 0.15) is 11.1 Å². The summed E-state index contributed by atoms with van der Waals surface area (Å²) in [5, 5.41) is 0. The molecular weight excluding hydrogens is 380 g/mol. The van der Waals surface area contributed by atoms with Gasteiger partial charge in [0, 0.05) is 51.2 Å². The van der Waals surface area contributed by atoms with E-state index in [4.69, 9.17) is 4.74 Å². The molecule has 1 fully saturated rings. The van der Waals surface area contributed by atoms with Crippen LogP contribution in [-0.2, 0) is 11.3 Å². The van der Waals surface area contributed by atoms with Gasteiger partial charge in [-0.05, 0) is 41.5 Å². The first-order valence-corrected chi connectivity index (χ1v) is 9.26. The summed E-state index contributed by atoms with van der Waals surface area (Å²) in [6.07, 6.45) is 6.68. The van der Waals surface area contributed by atoms with Crippen molar-refractivity contribution in [3.63, 3.8) is 0 Å². The van der Waals surface area contributed by atoms with Crippen LogP contribution in [0, 0.1) is 0 Å². The fourth-order valence-electron chi connectivity index (χ4n) is 3.13. The molecule has 0 unspecified atom stereocenters. The van der Waals surface area contributed by atoms with Crippen molar-refractivity contribution >= 4 is 12.0 Å². The molecule has 2 aromatic rings. The van der Waals surface area contributed by atoms with E-state index in [2.05, 4.69) is 14.6 Å². The summed E-state index contributed by atoms with van der Waals surface area (Å²) in [5.41, 5.74) is 1.86. The van der Waals surface area contributed by atoms with E-state index in [1.807, 2.05) is 12.1 Å². The molecular formula is C21H23F2N3O3. The Hall–Kier alpha value is -3.00. The molecule has 29 heavy (non-hydrogen) atoms. The molecule has 0 N–H and O–H groups in total. The number of piperazine rings is 1. The molecule has 0 saturated carbocycles. The molecule has 2 heterocycles. The number of benzene rings is 1. The van der Waals surface area contributed by atoms with Crippen molar-refractivity contribution < 1.29 is 23.0 Å². The Labute approximate surface area is 168 Å². The van der Waals surface area contributed by atoms with Crippen LogP contribution in [0.15, 0.2) is 48.8 Å². The summed E-state index contributed by atoms with van der Waals surface area (Å²) in [6, 6.07) is 8.52. The highest BCUT2D eigenvalue weighted by molar-refractivity contribution is 5.92. The first-order valence-electron chi connectivity index (χ1n) is 9.26. The fraction of sp³-hybridized carbons (Fsp3) is 0.333. The number of alkyl halides is 2. The van der Waals surface area contributed by atoms with Gasteiger partial charge < -0.3 is 14.4 Å². The predicted molar refractivity (Wildman–Crippen MR) is 105 cm³/mol. The summed E-state index contributed by atoms with van der Waals surface area (Å²) in [4.78, 5) is 20.6. The van der Waals surface area contributed by atoms with E-state index in [1.165, 1.54) is 24.8 Å². The quantitative estimate of drug-likeness (QED) is 0.665. The van der Waals surface area contributed by atoms with E-state index in [-0.39, 0.29) is 17.4 Å². The zero-order valence-electron chi connectivity index (χ0n) is 16.1. The summed E-state index contributed by atoms with van der Waals surface area (Å²) in [7, 11) is 1.37. The number of pyridine rings is 1. The number of halogens is 2. The van der Waals surface area contributed by atoms with Crippen LogP contribution in [0.25, 0.3) is 6.08 Å². The molecule has 154 valence electrons. The van der Waals surface area contributed by atoms with Crippen LogP contribution in [0.3, 0.4) is 0 Å². The Morgan fingerprint density at radius 1 is 1.14 bits per heavy atom. The molecule has 0 bridgehead atoms. The summed E-state index contributed by atoms with van der Waals surface area (Å²) >= 11 is 0. The van der Waals surface area contributed by atoms with Crippen LogP contribution in [0.5, 0.6) is 11.5 Å². The molecule has 8 heteroatoms. The van der Waals surface area contributed by atoms with Gasteiger partial charge in [0.15, 0.2) is 11.5 Å². The number of nitrogens with zero attached hydrogens (tertiary/aromatic N) is 3. The smallest absolute Gasteiger partial charge is 0.387 e. The van der Waals surface area contributed by atoms with Crippen LogP contribution in [0.4, 0.5) is 8.78 Å². The Kier molecular flexibility index (Phi) is 7.13. The van der Waals surface area contributed by atoms with Gasteiger partial charge in [-0.2, -0.15) is 8.78 Å². The number of hydrogen-bond donors (Lipinski definition) is 0. The van der Waals surface area contributed by atoms with Gasteiger partial charge in [0.25, 0.3) is 0 Å². The van der Waals surface area contributed by atoms with E-state index in [1.54, 1.807) is 35.5 Å². The van der Waals surface area contributed by atoms with Gasteiger partial charge in [0.2, 0.25) is 5.91 Å². The molecule has 0 radical (unpaired) electrons. The highest BCUT2D eigenvalue weighted by Crippen LogP contribution is 2.29. The average molecular weight is 403 g/mol. The fourth-order valence-corrected chi connectivity index (χ4v) is 3.13. The van der Waals surface area contributed by atoms with Gasteiger partial charge in [-0.3, -0.25) is 14.7 Å². The summed E-state index contributed by atoms with van der Waals surface area (Å²) in [6.45, 7) is 0.819. The second-order valence-corrected chi connectivity index (χ2v) is 6.58. The maximum Gasteiger partial charge on any atom is 0.387 e. The standard InChI is InChI=1S/C21H23F2N3O3/c1-28-19-14-16(2-4-18(19)29-21(22)23)3-5-20(27)26-12-10-25(11-13-26)15-17-6-8-24-9-7-17/h2-9,14,21H,10-13,15H2,1H3. The Bertz CT molecular complexity index is 838. The van der Waals surface area contributed by atoms with Crippen LogP contribution in [0.2, 0.25) is 0 Å². The molecule has 0 atom stereocenters. The molecule has 0 spiro atoms. The molecule has 0 aliphatic carbocycles. The lowest BCUT2D eigenvalue weighted by molar-refractivity contribution is -0.127. The van der Waals surface area contributed by atoms with Crippen molar-refractivity contribution in [2.24, 2.45) is 0 Å². The first kappa shape index (κ1) is 20.7. The largest absolute Gasteiger partial charge is 0.493 e. The number of aromatic nitrogens is 1. The molecule has 6 nitrogen and oxygen atoms in total. The van der Waals surface area contributed by atoms with Gasteiger partial charge in [-0.15, -0.1) is 0 Å². The van der Waals surface area contributed by atoms with Gasteiger partial charge in [0.05, 0.1) is 7.11 Å². The number of hydrogen-bond acceptors (Lipinski definition) is 5. The summed E-state index contributed by atoms with van der Waals surface area (Å²) in [5.74, 6) is 0.0568. The van der Waals surface area contributed by atoms with E-state index in [0.29, 0.717) is 18.7 Å². The highest BCUT2D eigenvalue weighted by atomic mass is 19.3. The van der Waals surface area contributed by atoms with Crippen LogP contribution >= 0.6 is 0 Å². The minimum Gasteiger partial charge on any atom is -0.493 e. The van der Waals surface area contributed by atoms with Crippen molar-refractivity contribution in [3.8, 4) is 11.5 Å². The minimum absolute atomic E-state index is 0.0451. The zero-order chi connectivity index (χ0) is 20.6. The lowest BCUT2D eigenvalue weighted by atomic mass is 10.1. The second-order valence-electron chi connectivity index (χ2n) is 6.58. The molecule has 3 rings (SSSR count).